The molecule has 0 saturated carbocycles. The van der Waals surface area contributed by atoms with Crippen LogP contribution in [0.3, 0.4) is 0 Å². The van der Waals surface area contributed by atoms with Crippen LogP contribution < -0.4 is 5.32 Å². The number of nitrogens with one attached hydrogen (secondary N) is 2. The predicted octanol–water partition coefficient (Wildman–Crippen LogP) is 9.35. The fourth-order valence-corrected chi connectivity index (χ4v) is 4.55. The summed E-state index contributed by atoms with van der Waals surface area (Å²) in [5.41, 5.74) is 8.46. The van der Waals surface area contributed by atoms with Crippen molar-refractivity contribution in [2.24, 2.45) is 11.8 Å². The fraction of sp³-hybridized carbons (Fsp3) is 0.485. The third-order valence-corrected chi connectivity index (χ3v) is 6.66. The molecule has 0 amide bonds. The quantitative estimate of drug-likeness (QED) is 0.362. The van der Waals surface area contributed by atoms with Crippen LogP contribution in [0.2, 0.25) is 0 Å². The molecule has 3 aromatic heterocycles. The number of allylic oxidation sites excluding steroid dienone is 3. The molecule has 0 aromatic carbocycles. The minimum Gasteiger partial charge on any atom is -0.362 e. The smallest absolute Gasteiger partial charge is 0.177 e. The van der Waals surface area contributed by atoms with Gasteiger partial charge in [0.15, 0.2) is 5.65 Å². The molecule has 1 aliphatic heterocycles. The number of aryl methyl sites for hydroxylation is 1. The Morgan fingerprint density at radius 3 is 2.26 bits per heavy atom. The van der Waals surface area contributed by atoms with Gasteiger partial charge in [0.05, 0.1) is 11.8 Å². The van der Waals surface area contributed by atoms with Gasteiger partial charge in [-0.3, -0.25) is 4.98 Å². The maximum atomic E-state index is 4.19. The van der Waals surface area contributed by atoms with Crippen LogP contribution in [-0.2, 0) is 6.42 Å². The van der Waals surface area contributed by atoms with Crippen molar-refractivity contribution in [2.75, 3.05) is 0 Å². The molecule has 2 N–H and O–H groups in total. The van der Waals surface area contributed by atoms with Gasteiger partial charge in [-0.2, -0.15) is 0 Å². The second kappa shape index (κ2) is 16.6. The number of fused-ring (bicyclic) bond motifs is 2. The Morgan fingerprint density at radius 1 is 0.921 bits per heavy atom. The highest BCUT2D eigenvalue weighted by Crippen LogP contribution is 2.35. The van der Waals surface area contributed by atoms with E-state index in [1.807, 2.05) is 30.7 Å². The van der Waals surface area contributed by atoms with Crippen LogP contribution >= 0.6 is 0 Å². The van der Waals surface area contributed by atoms with Crippen LogP contribution in [0.25, 0.3) is 11.2 Å². The van der Waals surface area contributed by atoms with Gasteiger partial charge < -0.3 is 10.3 Å². The monoisotopic (exact) mass is 519 g/mol. The first-order chi connectivity index (χ1) is 16.8. The molecule has 0 spiro atoms. The Balaban J connectivity index is 0.000000524. The summed E-state index contributed by atoms with van der Waals surface area (Å²) in [5.74, 6) is 2.64. The van der Waals surface area contributed by atoms with Crippen LogP contribution in [0.15, 0.2) is 73.3 Å². The van der Waals surface area contributed by atoms with E-state index in [-0.39, 0.29) is 22.3 Å². The van der Waals surface area contributed by atoms with E-state index in [9.17, 15) is 0 Å². The van der Waals surface area contributed by atoms with Gasteiger partial charge >= 0.3 is 0 Å². The van der Waals surface area contributed by atoms with E-state index in [0.29, 0.717) is 11.8 Å². The van der Waals surface area contributed by atoms with Gasteiger partial charge in [0.2, 0.25) is 0 Å². The van der Waals surface area contributed by atoms with Gasteiger partial charge in [-0.05, 0) is 83.4 Å². The lowest BCUT2D eigenvalue weighted by Crippen LogP contribution is -2.14. The van der Waals surface area contributed by atoms with Crippen molar-refractivity contribution < 1.29 is 0 Å². The molecular weight excluding hydrogens is 466 g/mol. The number of dihydropyridines is 1. The van der Waals surface area contributed by atoms with Crippen molar-refractivity contribution in [3.05, 3.63) is 89.9 Å². The molecule has 3 aromatic rings. The molecule has 38 heavy (non-hydrogen) atoms. The maximum Gasteiger partial charge on any atom is 0.177 e. The fourth-order valence-electron chi connectivity index (χ4n) is 4.55. The number of hydrogen-bond acceptors (Lipinski definition) is 4. The van der Waals surface area contributed by atoms with Crippen LogP contribution in [-0.4, -0.2) is 19.9 Å². The summed E-state index contributed by atoms with van der Waals surface area (Å²) >= 11 is 0. The summed E-state index contributed by atoms with van der Waals surface area (Å²) in [6.45, 7) is 17.1. The molecule has 5 heteroatoms. The van der Waals surface area contributed by atoms with E-state index in [4.69, 9.17) is 0 Å². The molecule has 1 aliphatic carbocycles. The lowest BCUT2D eigenvalue weighted by atomic mass is 9.78. The average molecular weight is 520 g/mol. The molecule has 210 valence electrons. The highest BCUT2D eigenvalue weighted by molar-refractivity contribution is 5.74. The van der Waals surface area contributed by atoms with E-state index < -0.39 is 0 Å². The first-order valence-corrected chi connectivity index (χ1v) is 12.8. The topological polar surface area (TPSA) is 66.5 Å². The summed E-state index contributed by atoms with van der Waals surface area (Å²) < 4.78 is 0. The number of pyridine rings is 2. The SMILES string of the molecule is C.C.C.C=C1C=CC(C(C)C)=CN1.CC(C)C1CCCc2cnccc21.CC(C)c1ccnc2nc[nH]c12. The summed E-state index contributed by atoms with van der Waals surface area (Å²) in [7, 11) is 0. The first-order valence-electron chi connectivity index (χ1n) is 12.8. The molecule has 0 radical (unpaired) electrons. The van der Waals surface area contributed by atoms with Crippen LogP contribution in [0.1, 0.15) is 105 Å². The average Bonchev–Trinajstić information content (AvgIpc) is 3.34. The summed E-state index contributed by atoms with van der Waals surface area (Å²) in [4.78, 5) is 15.5. The zero-order valence-corrected chi connectivity index (χ0v) is 22.2. The van der Waals surface area contributed by atoms with Crippen LogP contribution in [0.4, 0.5) is 0 Å². The summed E-state index contributed by atoms with van der Waals surface area (Å²) in [6, 6.07) is 4.24. The van der Waals surface area contributed by atoms with E-state index in [2.05, 4.69) is 85.5 Å². The molecule has 1 unspecified atom stereocenters. The first kappa shape index (κ1) is 34.8. The number of hydrogen-bond donors (Lipinski definition) is 2. The van der Waals surface area contributed by atoms with Gasteiger partial charge in [-0.15, -0.1) is 0 Å². The number of imidazole rings is 1. The molecule has 0 bridgehead atoms. The normalized spacial score (nSPS) is 15.4. The van der Waals surface area contributed by atoms with E-state index in [1.165, 1.54) is 36.0 Å². The number of nitrogens with zero attached hydrogens (tertiary/aromatic N) is 3. The molecule has 5 rings (SSSR count). The van der Waals surface area contributed by atoms with Gasteiger partial charge in [0.1, 0.15) is 0 Å². The maximum absolute atomic E-state index is 4.19. The van der Waals surface area contributed by atoms with Crippen molar-refractivity contribution in [2.45, 2.75) is 94.9 Å². The third kappa shape index (κ3) is 9.27. The molecule has 1 atom stereocenters. The Labute approximate surface area is 233 Å². The van der Waals surface area contributed by atoms with Gasteiger partial charge in [-0.25, -0.2) is 9.97 Å². The second-order valence-electron chi connectivity index (χ2n) is 10.3. The van der Waals surface area contributed by atoms with Gasteiger partial charge in [0.25, 0.3) is 0 Å². The second-order valence-corrected chi connectivity index (χ2v) is 10.3. The van der Waals surface area contributed by atoms with Crippen molar-refractivity contribution in [1.82, 2.24) is 25.3 Å². The van der Waals surface area contributed by atoms with Crippen molar-refractivity contribution in [3.8, 4) is 0 Å². The van der Waals surface area contributed by atoms with Crippen molar-refractivity contribution >= 4 is 11.2 Å². The van der Waals surface area contributed by atoms with Crippen molar-refractivity contribution in [3.63, 3.8) is 0 Å². The Bertz CT molecular complexity index is 1170. The molecular formula is C33H53N5. The van der Waals surface area contributed by atoms with Gasteiger partial charge in [0, 0.05) is 30.5 Å². The van der Waals surface area contributed by atoms with Gasteiger partial charge in [-0.1, -0.05) is 76.5 Å². The standard InChI is InChI=1S/C12H17N.C9H11N3.C9H13N.3CH4/c1-9(2)11-5-3-4-10-8-13-7-6-12(10)11;1-6(2)7-3-4-10-9-8(7)11-5-12-9;1-7(2)9-5-4-8(3)10-6-9;;;/h6-9,11H,3-5H2,1-2H3;3-6H,1-2H3,(H,10,11,12);4-7,10H,3H2,1-2H3;3*1H4. The molecule has 2 aliphatic rings. The number of aromatic nitrogens is 4. The van der Waals surface area contributed by atoms with E-state index >= 15 is 0 Å². The van der Waals surface area contributed by atoms with E-state index in [0.717, 1.165) is 28.7 Å². The highest BCUT2D eigenvalue weighted by Gasteiger charge is 2.22. The minimum atomic E-state index is 0. The summed E-state index contributed by atoms with van der Waals surface area (Å²) in [5, 5.41) is 3.07. The molecule has 5 nitrogen and oxygen atoms in total. The molecule has 0 saturated heterocycles. The minimum absolute atomic E-state index is 0. The molecule has 4 heterocycles. The zero-order chi connectivity index (χ0) is 25.4. The van der Waals surface area contributed by atoms with Crippen LogP contribution in [0, 0.1) is 11.8 Å². The zero-order valence-electron chi connectivity index (χ0n) is 22.2. The van der Waals surface area contributed by atoms with Crippen LogP contribution in [0.5, 0.6) is 0 Å². The number of H-pyrrole nitrogens is 1. The largest absolute Gasteiger partial charge is 0.362 e. The highest BCUT2D eigenvalue weighted by atomic mass is 14.9. The Morgan fingerprint density at radius 2 is 1.66 bits per heavy atom. The lowest BCUT2D eigenvalue weighted by Gasteiger charge is -2.27. The number of rotatable bonds is 3. The third-order valence-electron chi connectivity index (χ3n) is 6.66. The summed E-state index contributed by atoms with van der Waals surface area (Å²) in [6.07, 6.45) is 17.5. The predicted molar refractivity (Wildman–Crippen MR) is 167 cm³/mol. The number of aromatic amines is 1. The van der Waals surface area contributed by atoms with Crippen molar-refractivity contribution in [1.29, 1.82) is 0 Å². The Hall–Kier alpha value is -3.21. The Kier molecular flexibility index (Phi) is 15.2. The molecule has 0 fully saturated rings. The van der Waals surface area contributed by atoms with E-state index in [1.54, 1.807) is 18.1 Å². The lowest BCUT2D eigenvalue weighted by molar-refractivity contribution is 0.433.